The number of rotatable bonds is 2. The zero-order chi connectivity index (χ0) is 7.68. The standard InChI is InChI=1S/C9H12N2.2ClH/c10-6-7-3-4-11-9(5-7)8-1-2-8;;/h3-5,8H,1-2,6,10H2;2*1H. The molecule has 1 aromatic heterocycles. The van der Waals surface area contributed by atoms with Crippen LogP contribution >= 0.6 is 24.8 Å². The zero-order valence-electron chi connectivity index (χ0n) is 7.27. The summed E-state index contributed by atoms with van der Waals surface area (Å²) in [4.78, 5) is 4.29. The molecule has 0 bridgehead atoms. The smallest absolute Gasteiger partial charge is 0.0437 e. The third-order valence-electron chi connectivity index (χ3n) is 2.08. The minimum absolute atomic E-state index is 0. The largest absolute Gasteiger partial charge is 0.326 e. The Kier molecular flexibility index (Phi) is 5.30. The molecule has 0 saturated heterocycles. The lowest BCUT2D eigenvalue weighted by atomic mass is 10.2. The fourth-order valence-electron chi connectivity index (χ4n) is 1.22. The van der Waals surface area contributed by atoms with Crippen LogP contribution in [0.25, 0.3) is 0 Å². The Morgan fingerprint density at radius 3 is 2.62 bits per heavy atom. The molecule has 0 atom stereocenters. The highest BCUT2D eigenvalue weighted by Gasteiger charge is 2.24. The number of aromatic nitrogens is 1. The summed E-state index contributed by atoms with van der Waals surface area (Å²) in [7, 11) is 0. The Hall–Kier alpha value is -0.310. The molecular formula is C9H14Cl2N2. The van der Waals surface area contributed by atoms with Gasteiger partial charge in [0.2, 0.25) is 0 Å². The van der Waals surface area contributed by atoms with E-state index < -0.39 is 0 Å². The van der Waals surface area contributed by atoms with Crippen LogP contribution in [0.4, 0.5) is 0 Å². The molecule has 0 aromatic carbocycles. The van der Waals surface area contributed by atoms with E-state index in [1.54, 1.807) is 0 Å². The van der Waals surface area contributed by atoms with Crippen molar-refractivity contribution in [1.29, 1.82) is 0 Å². The molecule has 1 aromatic rings. The predicted molar refractivity (Wildman–Crippen MR) is 58.6 cm³/mol. The molecule has 0 aliphatic heterocycles. The molecule has 1 aliphatic carbocycles. The number of nitrogens with zero attached hydrogens (tertiary/aromatic N) is 1. The second kappa shape index (κ2) is 5.43. The van der Waals surface area contributed by atoms with Crippen molar-refractivity contribution in [2.75, 3.05) is 0 Å². The van der Waals surface area contributed by atoms with Crippen molar-refractivity contribution in [2.45, 2.75) is 25.3 Å². The van der Waals surface area contributed by atoms with Crippen molar-refractivity contribution in [1.82, 2.24) is 4.98 Å². The molecule has 1 heterocycles. The molecule has 4 heteroatoms. The van der Waals surface area contributed by atoms with Gasteiger partial charge in [-0.1, -0.05) is 0 Å². The fourth-order valence-corrected chi connectivity index (χ4v) is 1.22. The molecule has 2 rings (SSSR count). The van der Waals surface area contributed by atoms with Gasteiger partial charge >= 0.3 is 0 Å². The van der Waals surface area contributed by atoms with Crippen molar-refractivity contribution in [2.24, 2.45) is 5.73 Å². The highest BCUT2D eigenvalue weighted by atomic mass is 35.5. The summed E-state index contributed by atoms with van der Waals surface area (Å²) in [6.45, 7) is 0.627. The first-order valence-electron chi connectivity index (χ1n) is 4.05. The van der Waals surface area contributed by atoms with Crippen LogP contribution in [0.1, 0.15) is 30.0 Å². The number of hydrogen-bond donors (Lipinski definition) is 1. The van der Waals surface area contributed by atoms with E-state index in [0.29, 0.717) is 6.54 Å². The van der Waals surface area contributed by atoms with Gasteiger partial charge in [-0.15, -0.1) is 24.8 Å². The van der Waals surface area contributed by atoms with Gasteiger partial charge in [-0.05, 0) is 30.5 Å². The van der Waals surface area contributed by atoms with Gasteiger partial charge in [0.25, 0.3) is 0 Å². The van der Waals surface area contributed by atoms with Crippen LogP contribution in [0.3, 0.4) is 0 Å². The maximum Gasteiger partial charge on any atom is 0.0437 e. The van der Waals surface area contributed by atoms with Gasteiger partial charge in [0, 0.05) is 24.4 Å². The Labute approximate surface area is 90.8 Å². The average Bonchev–Trinajstić information content (AvgIpc) is 2.87. The number of nitrogens with two attached hydrogens (primary N) is 1. The summed E-state index contributed by atoms with van der Waals surface area (Å²) >= 11 is 0. The van der Waals surface area contributed by atoms with E-state index >= 15 is 0 Å². The van der Waals surface area contributed by atoms with Crippen LogP contribution in [0, 0.1) is 0 Å². The van der Waals surface area contributed by atoms with E-state index in [1.165, 1.54) is 24.1 Å². The van der Waals surface area contributed by atoms with Gasteiger partial charge in [0.1, 0.15) is 0 Å². The molecule has 2 N–H and O–H groups in total. The van der Waals surface area contributed by atoms with Gasteiger partial charge in [-0.3, -0.25) is 4.98 Å². The Balaban J connectivity index is 0.000000720. The van der Waals surface area contributed by atoms with Gasteiger partial charge in [-0.25, -0.2) is 0 Å². The molecular weight excluding hydrogens is 207 g/mol. The summed E-state index contributed by atoms with van der Waals surface area (Å²) in [6, 6.07) is 4.10. The third-order valence-corrected chi connectivity index (χ3v) is 2.08. The molecule has 2 nitrogen and oxygen atoms in total. The second-order valence-electron chi connectivity index (χ2n) is 3.07. The Bertz CT molecular complexity index is 262. The highest BCUT2D eigenvalue weighted by Crippen LogP contribution is 2.38. The molecule has 0 radical (unpaired) electrons. The Morgan fingerprint density at radius 2 is 2.08 bits per heavy atom. The van der Waals surface area contributed by atoms with Gasteiger partial charge < -0.3 is 5.73 Å². The lowest BCUT2D eigenvalue weighted by molar-refractivity contribution is 0.982. The number of hydrogen-bond acceptors (Lipinski definition) is 2. The molecule has 0 unspecified atom stereocenters. The minimum atomic E-state index is 0. The first kappa shape index (κ1) is 12.7. The quantitative estimate of drug-likeness (QED) is 0.831. The third kappa shape index (κ3) is 3.14. The summed E-state index contributed by atoms with van der Waals surface area (Å²) < 4.78 is 0. The molecule has 1 saturated carbocycles. The fraction of sp³-hybridized carbons (Fsp3) is 0.444. The molecule has 74 valence electrons. The predicted octanol–water partition coefficient (Wildman–Crippen LogP) is 2.26. The van der Waals surface area contributed by atoms with E-state index in [9.17, 15) is 0 Å². The lowest BCUT2D eigenvalue weighted by Crippen LogP contribution is -1.97. The maximum absolute atomic E-state index is 5.51. The van der Waals surface area contributed by atoms with E-state index in [1.807, 2.05) is 12.3 Å². The first-order chi connectivity index (χ1) is 5.40. The van der Waals surface area contributed by atoms with Crippen LogP contribution in [0.5, 0.6) is 0 Å². The van der Waals surface area contributed by atoms with Gasteiger partial charge in [-0.2, -0.15) is 0 Å². The van der Waals surface area contributed by atoms with Crippen molar-refractivity contribution in [3.05, 3.63) is 29.6 Å². The molecule has 0 amide bonds. The van der Waals surface area contributed by atoms with E-state index in [4.69, 9.17) is 5.73 Å². The molecule has 0 spiro atoms. The van der Waals surface area contributed by atoms with E-state index in [2.05, 4.69) is 11.1 Å². The number of pyridine rings is 1. The van der Waals surface area contributed by atoms with Crippen LogP contribution in [-0.2, 0) is 6.54 Å². The van der Waals surface area contributed by atoms with E-state index in [-0.39, 0.29) is 24.8 Å². The van der Waals surface area contributed by atoms with Crippen molar-refractivity contribution >= 4 is 24.8 Å². The monoisotopic (exact) mass is 220 g/mol. The van der Waals surface area contributed by atoms with Crippen LogP contribution < -0.4 is 5.73 Å². The van der Waals surface area contributed by atoms with Gasteiger partial charge in [0.15, 0.2) is 0 Å². The molecule has 1 aliphatic rings. The second-order valence-corrected chi connectivity index (χ2v) is 3.07. The summed E-state index contributed by atoms with van der Waals surface area (Å²) in [6.07, 6.45) is 4.47. The number of halogens is 2. The van der Waals surface area contributed by atoms with Crippen molar-refractivity contribution in [3.63, 3.8) is 0 Å². The summed E-state index contributed by atoms with van der Waals surface area (Å²) in [5, 5.41) is 0. The van der Waals surface area contributed by atoms with Crippen LogP contribution in [0.15, 0.2) is 18.3 Å². The minimum Gasteiger partial charge on any atom is -0.326 e. The van der Waals surface area contributed by atoms with Crippen molar-refractivity contribution < 1.29 is 0 Å². The maximum atomic E-state index is 5.51. The topological polar surface area (TPSA) is 38.9 Å². The summed E-state index contributed by atoms with van der Waals surface area (Å²) in [5.41, 5.74) is 7.94. The van der Waals surface area contributed by atoms with Crippen molar-refractivity contribution in [3.8, 4) is 0 Å². The summed E-state index contributed by atoms with van der Waals surface area (Å²) in [5.74, 6) is 0.737. The highest BCUT2D eigenvalue weighted by molar-refractivity contribution is 5.85. The van der Waals surface area contributed by atoms with Crippen LogP contribution in [-0.4, -0.2) is 4.98 Å². The SMILES string of the molecule is Cl.Cl.NCc1ccnc(C2CC2)c1. The average molecular weight is 221 g/mol. The zero-order valence-corrected chi connectivity index (χ0v) is 8.90. The first-order valence-corrected chi connectivity index (χ1v) is 4.05. The molecule has 1 fully saturated rings. The molecule has 13 heavy (non-hydrogen) atoms. The van der Waals surface area contributed by atoms with Gasteiger partial charge in [0.05, 0.1) is 0 Å². The van der Waals surface area contributed by atoms with E-state index in [0.717, 1.165) is 5.92 Å². The van der Waals surface area contributed by atoms with Crippen LogP contribution in [0.2, 0.25) is 0 Å². The Morgan fingerprint density at radius 1 is 1.38 bits per heavy atom. The lowest BCUT2D eigenvalue weighted by Gasteiger charge is -1.99. The normalized spacial score (nSPS) is 14.2.